The van der Waals surface area contributed by atoms with E-state index in [1.54, 1.807) is 17.0 Å². The number of morpholine rings is 1. The van der Waals surface area contributed by atoms with Crippen molar-refractivity contribution in [1.82, 2.24) is 9.88 Å². The lowest BCUT2D eigenvalue weighted by Crippen LogP contribution is -2.39. The molecule has 1 fully saturated rings. The number of anilines is 1. The monoisotopic (exact) mass is 519 g/mol. The number of thiazole rings is 1. The zero-order valence-electron chi connectivity index (χ0n) is 19.4. The van der Waals surface area contributed by atoms with Crippen LogP contribution in [0.25, 0.3) is 21.2 Å². The molecule has 0 bridgehead atoms. The molecule has 0 spiro atoms. The maximum Gasteiger partial charge on any atom is 0.295 e. The molecule has 0 radical (unpaired) electrons. The van der Waals surface area contributed by atoms with Gasteiger partial charge in [0.1, 0.15) is 11.3 Å². The van der Waals surface area contributed by atoms with E-state index in [-0.39, 0.29) is 29.6 Å². The quantitative estimate of drug-likeness (QED) is 0.312. The van der Waals surface area contributed by atoms with Crippen LogP contribution in [0.15, 0.2) is 46.9 Å². The fraction of sp³-hybridized carbons (Fsp3) is 0.360. The van der Waals surface area contributed by atoms with Gasteiger partial charge < -0.3 is 13.9 Å². The molecule has 1 amide bonds. The second kappa shape index (κ2) is 11.3. The first-order valence-electron chi connectivity index (χ1n) is 11.5. The van der Waals surface area contributed by atoms with Gasteiger partial charge in [-0.05, 0) is 37.6 Å². The van der Waals surface area contributed by atoms with Gasteiger partial charge in [-0.2, -0.15) is 0 Å². The zero-order valence-corrected chi connectivity index (χ0v) is 21.0. The van der Waals surface area contributed by atoms with E-state index in [1.165, 1.54) is 17.4 Å². The number of aromatic nitrogens is 1. The Hall–Kier alpha value is -2.72. The lowest BCUT2D eigenvalue weighted by Gasteiger charge is -2.27. The lowest BCUT2D eigenvalue weighted by molar-refractivity contribution is 0.0376. The fourth-order valence-electron chi connectivity index (χ4n) is 4.12. The molecule has 4 aromatic rings. The molecular formula is C25H27ClFN3O4S. The number of rotatable bonds is 8. The van der Waals surface area contributed by atoms with Crippen molar-refractivity contribution in [3.05, 3.63) is 54.0 Å². The fourth-order valence-corrected chi connectivity index (χ4v) is 5.13. The number of fused-ring (bicyclic) bond motifs is 2. The Balaban J connectivity index is 0.00000289. The Kier molecular flexibility index (Phi) is 8.22. The van der Waals surface area contributed by atoms with E-state index in [9.17, 15) is 9.18 Å². The normalized spacial score (nSPS) is 14.2. The van der Waals surface area contributed by atoms with E-state index in [4.69, 9.17) is 13.9 Å². The minimum absolute atomic E-state index is 0. The number of hydrogen-bond donors (Lipinski definition) is 0. The molecule has 0 aliphatic carbocycles. The molecule has 186 valence electrons. The van der Waals surface area contributed by atoms with Gasteiger partial charge in [0, 0.05) is 31.6 Å². The van der Waals surface area contributed by atoms with Crippen molar-refractivity contribution in [1.29, 1.82) is 0 Å². The third kappa shape index (κ3) is 5.43. The molecule has 1 saturated heterocycles. The minimum atomic E-state index is -0.397. The molecule has 3 heterocycles. The van der Waals surface area contributed by atoms with Gasteiger partial charge in [-0.15, -0.1) is 12.4 Å². The average molecular weight is 520 g/mol. The van der Waals surface area contributed by atoms with Crippen LogP contribution in [0, 0.1) is 5.82 Å². The summed E-state index contributed by atoms with van der Waals surface area (Å²) < 4.78 is 32.1. The van der Waals surface area contributed by atoms with E-state index in [0.717, 1.165) is 44.7 Å². The molecule has 5 rings (SSSR count). The number of furan rings is 1. The summed E-state index contributed by atoms with van der Waals surface area (Å²) in [7, 11) is 0. The number of nitrogens with zero attached hydrogens (tertiary/aromatic N) is 3. The van der Waals surface area contributed by atoms with Crippen LogP contribution in [0.2, 0.25) is 0 Å². The second-order valence-corrected chi connectivity index (χ2v) is 9.07. The predicted octanol–water partition coefficient (Wildman–Crippen LogP) is 5.37. The second-order valence-electron chi connectivity index (χ2n) is 8.07. The first kappa shape index (κ1) is 25.4. The third-order valence-electron chi connectivity index (χ3n) is 5.81. The summed E-state index contributed by atoms with van der Waals surface area (Å²) in [4.78, 5) is 22.1. The maximum atomic E-state index is 14.3. The van der Waals surface area contributed by atoms with Crippen molar-refractivity contribution in [3.63, 3.8) is 0 Å². The number of benzene rings is 2. The first-order valence-corrected chi connectivity index (χ1v) is 12.3. The summed E-state index contributed by atoms with van der Waals surface area (Å²) in [5.74, 6) is 0.0964. The molecule has 0 saturated carbocycles. The number of carbonyl (C=O) groups is 1. The number of halogens is 2. The number of carbonyl (C=O) groups excluding carboxylic acids is 1. The van der Waals surface area contributed by atoms with E-state index >= 15 is 0 Å². The van der Waals surface area contributed by atoms with Crippen LogP contribution in [0.3, 0.4) is 0 Å². The van der Waals surface area contributed by atoms with Gasteiger partial charge >= 0.3 is 0 Å². The molecular weight excluding hydrogens is 493 g/mol. The SMILES string of the molecule is CCOc1cccc2cc(C(=O)N(CCCN3CCOCC3)c3nc4c(F)cccc4s3)oc12.Cl. The highest BCUT2D eigenvalue weighted by Crippen LogP contribution is 2.33. The van der Waals surface area contributed by atoms with Crippen LogP contribution in [-0.4, -0.2) is 61.8 Å². The average Bonchev–Trinajstić information content (AvgIpc) is 3.48. The van der Waals surface area contributed by atoms with Crippen LogP contribution in [0.5, 0.6) is 5.75 Å². The molecule has 1 aliphatic rings. The van der Waals surface area contributed by atoms with Crippen molar-refractivity contribution in [3.8, 4) is 5.75 Å². The molecule has 7 nitrogen and oxygen atoms in total. The highest BCUT2D eigenvalue weighted by molar-refractivity contribution is 7.22. The topological polar surface area (TPSA) is 68.0 Å². The Bertz CT molecular complexity index is 1300. The summed E-state index contributed by atoms with van der Waals surface area (Å²) in [6, 6.07) is 12.1. The molecule has 35 heavy (non-hydrogen) atoms. The van der Waals surface area contributed by atoms with E-state index in [0.29, 0.717) is 34.3 Å². The number of hydrogen-bond acceptors (Lipinski definition) is 7. The van der Waals surface area contributed by atoms with E-state index < -0.39 is 5.82 Å². The van der Waals surface area contributed by atoms with Crippen LogP contribution in [0.4, 0.5) is 9.52 Å². The van der Waals surface area contributed by atoms with Gasteiger partial charge in [0.05, 0.1) is 24.5 Å². The summed E-state index contributed by atoms with van der Waals surface area (Å²) in [5.41, 5.74) is 0.813. The first-order chi connectivity index (χ1) is 16.6. The molecule has 0 N–H and O–H groups in total. The largest absolute Gasteiger partial charge is 0.490 e. The van der Waals surface area contributed by atoms with Gasteiger partial charge in [-0.3, -0.25) is 14.6 Å². The van der Waals surface area contributed by atoms with Crippen molar-refractivity contribution >= 4 is 56.0 Å². The molecule has 10 heteroatoms. The number of para-hydroxylation sites is 2. The molecule has 2 aromatic carbocycles. The van der Waals surface area contributed by atoms with Gasteiger partial charge in [0.15, 0.2) is 22.2 Å². The van der Waals surface area contributed by atoms with Gasteiger partial charge in [0.2, 0.25) is 0 Å². The summed E-state index contributed by atoms with van der Waals surface area (Å²) >= 11 is 1.30. The van der Waals surface area contributed by atoms with Crippen molar-refractivity contribution in [2.45, 2.75) is 13.3 Å². The Morgan fingerprint density at radius 3 is 2.80 bits per heavy atom. The highest BCUT2D eigenvalue weighted by atomic mass is 35.5. The number of ether oxygens (including phenoxy) is 2. The summed E-state index contributed by atoms with van der Waals surface area (Å²) in [5, 5.41) is 1.25. The number of amides is 1. The minimum Gasteiger partial charge on any atom is -0.490 e. The van der Waals surface area contributed by atoms with Crippen molar-refractivity contribution in [2.75, 3.05) is 50.9 Å². The van der Waals surface area contributed by atoms with Gasteiger partial charge in [0.25, 0.3) is 5.91 Å². The molecule has 1 aliphatic heterocycles. The summed E-state index contributed by atoms with van der Waals surface area (Å²) in [6.45, 7) is 6.87. The lowest BCUT2D eigenvalue weighted by atomic mass is 10.2. The Morgan fingerprint density at radius 1 is 1.23 bits per heavy atom. The smallest absolute Gasteiger partial charge is 0.295 e. The molecule has 0 atom stereocenters. The zero-order chi connectivity index (χ0) is 23.5. The maximum absolute atomic E-state index is 14.3. The van der Waals surface area contributed by atoms with Crippen LogP contribution in [-0.2, 0) is 4.74 Å². The van der Waals surface area contributed by atoms with E-state index in [2.05, 4.69) is 9.88 Å². The Morgan fingerprint density at radius 2 is 2.03 bits per heavy atom. The van der Waals surface area contributed by atoms with Crippen LogP contribution < -0.4 is 9.64 Å². The van der Waals surface area contributed by atoms with Crippen molar-refractivity contribution in [2.24, 2.45) is 0 Å². The Labute approximate surface area is 212 Å². The standard InChI is InChI=1S/C25H26FN3O4S.ClH/c1-2-32-19-8-3-6-17-16-20(33-23(17)19)24(30)29(11-5-10-28-12-14-31-15-13-28)25-27-22-18(26)7-4-9-21(22)34-25;/h3-4,6-9,16H,2,5,10-15H2,1H3;1H. The predicted molar refractivity (Wildman–Crippen MR) is 138 cm³/mol. The van der Waals surface area contributed by atoms with E-state index in [1.807, 2.05) is 31.2 Å². The van der Waals surface area contributed by atoms with Gasteiger partial charge in [-0.1, -0.05) is 29.5 Å². The van der Waals surface area contributed by atoms with Crippen molar-refractivity contribution < 1.29 is 23.1 Å². The van der Waals surface area contributed by atoms with Gasteiger partial charge in [-0.25, -0.2) is 9.37 Å². The van der Waals surface area contributed by atoms with Crippen LogP contribution >= 0.6 is 23.7 Å². The molecule has 2 aromatic heterocycles. The highest BCUT2D eigenvalue weighted by Gasteiger charge is 2.26. The molecule has 0 unspecified atom stereocenters. The van der Waals surface area contributed by atoms with Crippen LogP contribution in [0.1, 0.15) is 23.9 Å². The summed E-state index contributed by atoms with van der Waals surface area (Å²) in [6.07, 6.45) is 0.745. The third-order valence-corrected chi connectivity index (χ3v) is 6.86.